The zero-order valence-corrected chi connectivity index (χ0v) is 17.4. The zero-order chi connectivity index (χ0) is 21.1. The largest absolute Gasteiger partial charge is 0.493 e. The van der Waals surface area contributed by atoms with E-state index >= 15 is 0 Å². The van der Waals surface area contributed by atoms with E-state index in [4.69, 9.17) is 14.2 Å². The molecule has 0 bridgehead atoms. The van der Waals surface area contributed by atoms with Crippen LogP contribution in [0.1, 0.15) is 12.8 Å². The first-order valence-electron chi connectivity index (χ1n) is 10.6. The maximum absolute atomic E-state index is 5.80. The Morgan fingerprint density at radius 3 is 1.45 bits per heavy atom. The van der Waals surface area contributed by atoms with Crippen molar-refractivity contribution in [3.63, 3.8) is 0 Å². The Morgan fingerprint density at radius 2 is 0.968 bits per heavy atom. The normalized spacial score (nSPS) is 11.5. The van der Waals surface area contributed by atoms with Crippen LogP contribution in [0, 0.1) is 0 Å². The lowest BCUT2D eigenvalue weighted by molar-refractivity contribution is 0.320. The molecule has 0 aliphatic rings. The average Bonchev–Trinajstić information content (AvgIpc) is 2.82. The highest BCUT2D eigenvalue weighted by atomic mass is 16.5. The van der Waals surface area contributed by atoms with E-state index in [0.29, 0.717) is 13.2 Å². The molecule has 0 heterocycles. The molecule has 0 aliphatic carbocycles. The second-order valence-electron chi connectivity index (χ2n) is 7.17. The van der Waals surface area contributed by atoms with Gasteiger partial charge in [-0.15, -0.1) is 0 Å². The Balaban J connectivity index is 1.09. The van der Waals surface area contributed by atoms with Crippen molar-refractivity contribution in [1.82, 2.24) is 0 Å². The number of rotatable bonds is 10. The molecule has 0 aromatic heterocycles. The van der Waals surface area contributed by atoms with E-state index < -0.39 is 0 Å². The summed E-state index contributed by atoms with van der Waals surface area (Å²) in [6.45, 7) is 1.23. The summed E-state index contributed by atoms with van der Waals surface area (Å²) in [4.78, 5) is 0. The van der Waals surface area contributed by atoms with E-state index in [-0.39, 0.29) is 0 Å². The van der Waals surface area contributed by atoms with E-state index in [1.807, 2.05) is 48.6 Å². The van der Waals surface area contributed by atoms with Gasteiger partial charge in [0, 0.05) is 12.8 Å². The molecule has 0 radical (unpaired) electrons. The molecule has 0 fully saturated rings. The van der Waals surface area contributed by atoms with Crippen LogP contribution in [0.3, 0.4) is 0 Å². The summed E-state index contributed by atoms with van der Waals surface area (Å²) in [5.74, 6) is 1.78. The highest BCUT2D eigenvalue weighted by Gasteiger charge is 1.97. The van der Waals surface area contributed by atoms with Crippen molar-refractivity contribution in [2.75, 3.05) is 13.2 Å². The van der Waals surface area contributed by atoms with Crippen LogP contribution in [0.5, 0.6) is 11.5 Å². The van der Waals surface area contributed by atoms with Gasteiger partial charge in [0.2, 0.25) is 0 Å². The lowest BCUT2D eigenvalue weighted by atomic mass is 10.1. The minimum atomic E-state index is 0.613. The Labute approximate surface area is 183 Å². The maximum atomic E-state index is 5.80. The highest BCUT2D eigenvalue weighted by molar-refractivity contribution is 5.84. The van der Waals surface area contributed by atoms with Gasteiger partial charge in [-0.05, 0) is 58.0 Å². The molecule has 3 nitrogen and oxygen atoms in total. The lowest BCUT2D eigenvalue weighted by Gasteiger charge is -2.06. The van der Waals surface area contributed by atoms with Crippen molar-refractivity contribution < 1.29 is 14.2 Å². The van der Waals surface area contributed by atoms with Crippen molar-refractivity contribution in [3.8, 4) is 11.5 Å². The predicted molar refractivity (Wildman–Crippen MR) is 127 cm³/mol. The molecule has 0 atom stereocenters. The second kappa shape index (κ2) is 10.9. The fourth-order valence-corrected chi connectivity index (χ4v) is 3.30. The van der Waals surface area contributed by atoms with Gasteiger partial charge in [-0.3, -0.25) is 0 Å². The van der Waals surface area contributed by atoms with Gasteiger partial charge >= 0.3 is 0 Å². The van der Waals surface area contributed by atoms with Gasteiger partial charge in [-0.1, -0.05) is 60.7 Å². The van der Waals surface area contributed by atoms with Crippen molar-refractivity contribution in [1.29, 1.82) is 0 Å². The molecule has 31 heavy (non-hydrogen) atoms. The van der Waals surface area contributed by atoms with E-state index in [1.165, 1.54) is 21.5 Å². The molecule has 4 rings (SSSR count). The Bertz CT molecular complexity index is 1080. The van der Waals surface area contributed by atoms with Gasteiger partial charge in [0.25, 0.3) is 0 Å². The smallest absolute Gasteiger partial charge is 0.119 e. The Morgan fingerprint density at radius 1 is 0.516 bits per heavy atom. The third kappa shape index (κ3) is 6.13. The van der Waals surface area contributed by atoms with Crippen LogP contribution in [-0.4, -0.2) is 13.2 Å². The van der Waals surface area contributed by atoms with E-state index in [1.54, 1.807) is 12.5 Å². The van der Waals surface area contributed by atoms with Crippen LogP contribution in [0.25, 0.3) is 21.5 Å². The highest BCUT2D eigenvalue weighted by Crippen LogP contribution is 2.21. The first-order chi connectivity index (χ1) is 15.4. The number of benzene rings is 4. The van der Waals surface area contributed by atoms with Crippen LogP contribution in [-0.2, 0) is 4.74 Å². The topological polar surface area (TPSA) is 27.7 Å². The summed E-state index contributed by atoms with van der Waals surface area (Å²) in [6.07, 6.45) is 8.85. The second-order valence-corrected chi connectivity index (χ2v) is 7.17. The van der Waals surface area contributed by atoms with Crippen molar-refractivity contribution >= 4 is 21.5 Å². The zero-order valence-electron chi connectivity index (χ0n) is 17.4. The molecule has 0 N–H and O–H groups in total. The molecule has 0 unspecified atom stereocenters. The monoisotopic (exact) mass is 410 g/mol. The number of hydrogen-bond acceptors (Lipinski definition) is 3. The van der Waals surface area contributed by atoms with Gasteiger partial charge in [-0.25, -0.2) is 0 Å². The van der Waals surface area contributed by atoms with Crippen LogP contribution < -0.4 is 9.47 Å². The van der Waals surface area contributed by atoms with Gasteiger partial charge in [0.1, 0.15) is 11.5 Å². The van der Waals surface area contributed by atoms with E-state index in [9.17, 15) is 0 Å². The van der Waals surface area contributed by atoms with E-state index in [2.05, 4.69) is 48.5 Å². The van der Waals surface area contributed by atoms with Crippen LogP contribution in [0.15, 0.2) is 110 Å². The summed E-state index contributed by atoms with van der Waals surface area (Å²) in [5, 5.41) is 4.82. The fourth-order valence-electron chi connectivity index (χ4n) is 3.30. The SMILES string of the molecule is C(=COC=CCCOc1ccc2ccccc2c1)CCOc1ccc2ccccc2c1. The summed E-state index contributed by atoms with van der Waals surface area (Å²) < 4.78 is 17.0. The summed E-state index contributed by atoms with van der Waals surface area (Å²) in [6, 6.07) is 28.8. The molecule has 156 valence electrons. The van der Waals surface area contributed by atoms with Gasteiger partial charge in [-0.2, -0.15) is 0 Å². The molecule has 0 aliphatic heterocycles. The summed E-state index contributed by atoms with van der Waals surface area (Å²) in [5.41, 5.74) is 0. The molecule has 4 aromatic carbocycles. The Kier molecular flexibility index (Phi) is 7.22. The first-order valence-corrected chi connectivity index (χ1v) is 10.6. The van der Waals surface area contributed by atoms with Gasteiger partial charge < -0.3 is 14.2 Å². The molecular weight excluding hydrogens is 384 g/mol. The molecule has 0 saturated carbocycles. The summed E-state index contributed by atoms with van der Waals surface area (Å²) in [7, 11) is 0. The first kappa shape index (κ1) is 20.5. The molecule has 0 amide bonds. The molecule has 0 spiro atoms. The fraction of sp³-hybridized carbons (Fsp3) is 0.143. The third-order valence-corrected chi connectivity index (χ3v) is 4.90. The van der Waals surface area contributed by atoms with Gasteiger partial charge in [0.05, 0.1) is 25.7 Å². The average molecular weight is 411 g/mol. The quantitative estimate of drug-likeness (QED) is 0.203. The minimum absolute atomic E-state index is 0.613. The van der Waals surface area contributed by atoms with Gasteiger partial charge in [0.15, 0.2) is 0 Å². The Hall–Kier alpha value is -3.72. The number of hydrogen-bond donors (Lipinski definition) is 0. The molecule has 3 heteroatoms. The molecular formula is C28H26O3. The predicted octanol–water partition coefficient (Wildman–Crippen LogP) is 7.28. The number of ether oxygens (including phenoxy) is 3. The number of fused-ring (bicyclic) bond motifs is 2. The standard InChI is InChI=1S/C28H26O3/c1-3-11-25-21-27(15-13-23(25)9-1)30-19-7-5-17-29-18-6-8-20-31-28-16-14-24-10-2-4-12-26(24)22-28/h1-6,9-18,21-22H,7-8,19-20H2. The van der Waals surface area contributed by atoms with Crippen molar-refractivity contribution in [2.45, 2.75) is 12.8 Å². The molecule has 4 aromatic rings. The third-order valence-electron chi connectivity index (χ3n) is 4.90. The lowest BCUT2D eigenvalue weighted by Crippen LogP contribution is -1.95. The minimum Gasteiger partial charge on any atom is -0.493 e. The maximum Gasteiger partial charge on any atom is 0.119 e. The summed E-state index contributed by atoms with van der Waals surface area (Å²) >= 11 is 0. The van der Waals surface area contributed by atoms with Crippen LogP contribution >= 0.6 is 0 Å². The van der Waals surface area contributed by atoms with E-state index in [0.717, 1.165) is 24.3 Å². The molecule has 0 saturated heterocycles. The van der Waals surface area contributed by atoms with Crippen LogP contribution in [0.4, 0.5) is 0 Å². The van der Waals surface area contributed by atoms with Crippen molar-refractivity contribution in [2.24, 2.45) is 0 Å². The van der Waals surface area contributed by atoms with Crippen LogP contribution in [0.2, 0.25) is 0 Å². The van der Waals surface area contributed by atoms with Crippen molar-refractivity contribution in [3.05, 3.63) is 110 Å².